The Morgan fingerprint density at radius 3 is 1.09 bits per heavy atom. The van der Waals surface area contributed by atoms with Crippen LogP contribution in [0.5, 0.6) is 11.5 Å². The molecule has 0 aliphatic rings. The fourth-order valence-corrected chi connectivity index (χ4v) is 4.10. The molecule has 0 fully saturated rings. The number of ether oxygens (including phenoxy) is 2. The van der Waals surface area contributed by atoms with Crippen molar-refractivity contribution < 1.29 is 35.8 Å². The molecule has 46 heavy (non-hydrogen) atoms. The molecule has 0 saturated carbocycles. The van der Waals surface area contributed by atoms with Gasteiger partial charge in [-0.05, 0) is 97.7 Å². The second-order valence-electron chi connectivity index (χ2n) is 11.3. The Kier molecular flexibility index (Phi) is 11.9. The molecule has 0 aliphatic heterocycles. The lowest BCUT2D eigenvalue weighted by molar-refractivity contribution is 0.122. The summed E-state index contributed by atoms with van der Waals surface area (Å²) >= 11 is 5.38. The van der Waals surface area contributed by atoms with Crippen LogP contribution in [0.3, 0.4) is 0 Å². The molecule has 12 heteroatoms. The van der Waals surface area contributed by atoms with E-state index in [2.05, 4.69) is 65.5 Å². The third-order valence-electron chi connectivity index (χ3n) is 5.29. The van der Waals surface area contributed by atoms with Gasteiger partial charge in [0.15, 0.2) is 46.4 Å². The highest BCUT2D eigenvalue weighted by Gasteiger charge is 2.28. The molecule has 0 amide bonds. The molecule has 4 nitrogen and oxygen atoms in total. The maximum absolute atomic E-state index is 14.3. The summed E-state index contributed by atoms with van der Waals surface area (Å²) in [4.78, 5) is 7.66. The summed E-state index contributed by atoms with van der Waals surface area (Å²) < 4.78 is 94.3. The predicted octanol–water partition coefficient (Wildman–Crippen LogP) is 9.68. The van der Waals surface area contributed by atoms with Crippen molar-refractivity contribution in [3.8, 4) is 35.2 Å². The van der Waals surface area contributed by atoms with E-state index in [9.17, 15) is 26.3 Å². The number of benzene rings is 2. The zero-order valence-electron chi connectivity index (χ0n) is 25.4. The lowest BCUT2D eigenvalue weighted by atomic mass is 10.1. The van der Waals surface area contributed by atoms with Gasteiger partial charge in [-0.1, -0.05) is 23.7 Å². The van der Waals surface area contributed by atoms with Crippen LogP contribution >= 0.6 is 31.9 Å². The van der Waals surface area contributed by atoms with E-state index in [4.69, 9.17) is 9.47 Å². The van der Waals surface area contributed by atoms with E-state index in [0.717, 1.165) is 0 Å². The molecular weight excluding hydrogens is 742 g/mol. The third kappa shape index (κ3) is 9.51. The van der Waals surface area contributed by atoms with Crippen LogP contribution in [-0.4, -0.2) is 21.2 Å². The number of rotatable bonds is 2. The maximum atomic E-state index is 14.3. The van der Waals surface area contributed by atoms with Gasteiger partial charge < -0.3 is 9.47 Å². The SMILES string of the molecule is CC(C)(C)Oc1c(F)c(Br)c(F)c(F)c1C#Cc1ccncc1.CC(C)(C)Oc1c(F)c(Br)c(F)c(F)c1C#Cc1ccncc1. The Bertz CT molecular complexity index is 1720. The van der Waals surface area contributed by atoms with Gasteiger partial charge in [0.1, 0.15) is 22.3 Å². The fraction of sp³-hybridized carbons (Fsp3) is 0.235. The highest BCUT2D eigenvalue weighted by atomic mass is 79.9. The second-order valence-corrected chi connectivity index (χ2v) is 12.9. The van der Waals surface area contributed by atoms with Crippen LogP contribution in [0.2, 0.25) is 0 Å². The zero-order chi connectivity index (χ0) is 34.4. The largest absolute Gasteiger partial charge is 0.484 e. The summed E-state index contributed by atoms with van der Waals surface area (Å²) in [7, 11) is 0. The number of aromatic nitrogens is 2. The van der Waals surface area contributed by atoms with Crippen molar-refractivity contribution in [1.29, 1.82) is 0 Å². The number of pyridine rings is 2. The molecule has 0 bridgehead atoms. The second kappa shape index (κ2) is 15.1. The minimum atomic E-state index is -1.34. The number of hydrogen-bond donors (Lipinski definition) is 0. The number of hydrogen-bond acceptors (Lipinski definition) is 4. The van der Waals surface area contributed by atoms with Crippen molar-refractivity contribution in [1.82, 2.24) is 9.97 Å². The Labute approximate surface area is 279 Å². The molecule has 0 N–H and O–H groups in total. The van der Waals surface area contributed by atoms with Gasteiger partial charge in [-0.3, -0.25) is 9.97 Å². The van der Waals surface area contributed by atoms with Gasteiger partial charge in [0.25, 0.3) is 0 Å². The van der Waals surface area contributed by atoms with E-state index in [-0.39, 0.29) is 0 Å². The predicted molar refractivity (Wildman–Crippen MR) is 169 cm³/mol. The Morgan fingerprint density at radius 2 is 0.804 bits per heavy atom. The molecule has 0 unspecified atom stereocenters. The van der Waals surface area contributed by atoms with Crippen molar-refractivity contribution in [2.24, 2.45) is 0 Å². The van der Waals surface area contributed by atoms with Crippen LogP contribution in [0.25, 0.3) is 0 Å². The van der Waals surface area contributed by atoms with Gasteiger partial charge in [0, 0.05) is 35.9 Å². The molecule has 0 radical (unpaired) electrons. The fourth-order valence-electron chi connectivity index (χ4n) is 3.39. The van der Waals surface area contributed by atoms with Crippen LogP contribution in [0.1, 0.15) is 63.8 Å². The van der Waals surface area contributed by atoms with E-state index < -0.39 is 77.7 Å². The van der Waals surface area contributed by atoms with Crippen molar-refractivity contribution in [3.63, 3.8) is 0 Å². The van der Waals surface area contributed by atoms with Gasteiger partial charge in [-0.15, -0.1) is 0 Å². The van der Waals surface area contributed by atoms with E-state index in [0.29, 0.717) is 11.1 Å². The molecule has 0 saturated heterocycles. The van der Waals surface area contributed by atoms with Crippen molar-refractivity contribution in [2.45, 2.75) is 52.7 Å². The smallest absolute Gasteiger partial charge is 0.183 e. The third-order valence-corrected chi connectivity index (χ3v) is 6.68. The monoisotopic (exact) mass is 766 g/mol. The van der Waals surface area contributed by atoms with E-state index in [1.807, 2.05) is 0 Å². The van der Waals surface area contributed by atoms with Crippen LogP contribution in [0, 0.1) is 58.6 Å². The molecule has 0 atom stereocenters. The molecule has 240 valence electrons. The zero-order valence-corrected chi connectivity index (χ0v) is 28.5. The molecule has 2 aromatic carbocycles. The first-order valence-electron chi connectivity index (χ1n) is 13.3. The van der Waals surface area contributed by atoms with Crippen LogP contribution in [0.4, 0.5) is 26.3 Å². The topological polar surface area (TPSA) is 44.2 Å². The highest BCUT2D eigenvalue weighted by molar-refractivity contribution is 9.10. The minimum Gasteiger partial charge on any atom is -0.484 e. The maximum Gasteiger partial charge on any atom is 0.183 e. The van der Waals surface area contributed by atoms with Crippen molar-refractivity contribution in [3.05, 3.63) is 115 Å². The first-order chi connectivity index (χ1) is 21.4. The summed E-state index contributed by atoms with van der Waals surface area (Å²) in [6.07, 6.45) is 6.04. The highest BCUT2D eigenvalue weighted by Crippen LogP contribution is 2.37. The Hall–Kier alpha value is -4.00. The standard InChI is InChI=1S/2C17H13BrF3NO/c2*1-17(2,3)23-16-11(5-4-10-6-8-22-9-7-10)13(19)14(20)12(18)15(16)21/h2*6-9H,1-3H3. The van der Waals surface area contributed by atoms with Crippen molar-refractivity contribution >= 4 is 31.9 Å². The van der Waals surface area contributed by atoms with Gasteiger partial charge in [0.2, 0.25) is 0 Å². The summed E-state index contributed by atoms with van der Waals surface area (Å²) in [6, 6.07) is 6.39. The molecule has 4 rings (SSSR count). The molecule has 0 aliphatic carbocycles. The minimum absolute atomic E-state index is 0.426. The summed E-state index contributed by atoms with van der Waals surface area (Å²) in [5.41, 5.74) is -1.48. The average Bonchev–Trinajstić information content (AvgIpc) is 3.00. The molecule has 4 aromatic rings. The van der Waals surface area contributed by atoms with E-state index in [1.54, 1.807) is 65.8 Å². The average molecular weight is 768 g/mol. The quantitative estimate of drug-likeness (QED) is 0.0883. The van der Waals surface area contributed by atoms with Gasteiger partial charge >= 0.3 is 0 Å². The van der Waals surface area contributed by atoms with Crippen LogP contribution < -0.4 is 9.47 Å². The van der Waals surface area contributed by atoms with E-state index in [1.165, 1.54) is 24.8 Å². The van der Waals surface area contributed by atoms with Gasteiger partial charge in [0.05, 0.1) is 8.95 Å². The summed E-state index contributed by atoms with van der Waals surface area (Å²) in [6.45, 7) is 10.0. The Morgan fingerprint density at radius 1 is 0.500 bits per heavy atom. The lowest BCUT2D eigenvalue weighted by Gasteiger charge is -2.23. The first kappa shape index (κ1) is 36.5. The van der Waals surface area contributed by atoms with Crippen molar-refractivity contribution in [2.75, 3.05) is 0 Å². The summed E-state index contributed by atoms with van der Waals surface area (Å²) in [5, 5.41) is 0. The van der Waals surface area contributed by atoms with E-state index >= 15 is 0 Å². The molecular formula is C34H26Br2F6N2O2. The summed E-state index contributed by atoms with van der Waals surface area (Å²) in [5.74, 6) is 2.06. The molecule has 0 spiro atoms. The molecule has 2 aromatic heterocycles. The van der Waals surface area contributed by atoms with Gasteiger partial charge in [-0.25, -0.2) is 26.3 Å². The molecule has 2 heterocycles. The van der Waals surface area contributed by atoms with Crippen LogP contribution in [0.15, 0.2) is 58.0 Å². The van der Waals surface area contributed by atoms with Gasteiger partial charge in [-0.2, -0.15) is 0 Å². The Balaban J connectivity index is 0.000000250. The van der Waals surface area contributed by atoms with Crippen LogP contribution in [-0.2, 0) is 0 Å². The normalized spacial score (nSPS) is 10.9. The lowest BCUT2D eigenvalue weighted by Crippen LogP contribution is -2.24. The number of halogens is 8. The first-order valence-corrected chi connectivity index (χ1v) is 14.9. The number of nitrogens with zero attached hydrogens (tertiary/aromatic N) is 2.